The Morgan fingerprint density at radius 1 is 0.952 bits per heavy atom. The van der Waals surface area contributed by atoms with E-state index >= 15 is 0 Å². The summed E-state index contributed by atoms with van der Waals surface area (Å²) in [5.74, 6) is -1.90. The molecule has 0 N–H and O–H groups in total. The fraction of sp³-hybridized carbons (Fsp3) is 0.417. The van der Waals surface area contributed by atoms with E-state index in [-0.39, 0.29) is 6.42 Å². The summed E-state index contributed by atoms with van der Waals surface area (Å²) >= 11 is -4.77. The van der Waals surface area contributed by atoms with Gasteiger partial charge in [-0.2, -0.15) is 0 Å². The van der Waals surface area contributed by atoms with Crippen LogP contribution >= 0.6 is 0 Å². The first kappa shape index (κ1) is 16.9. The SMILES string of the molecule is O=C1CC(c2ccccc2)C1([Se]C(F)(F)F)[Se]C(F)(F)F. The number of alkyl halides is 6. The Hall–Kier alpha value is -0.491. The average Bonchev–Trinajstić information content (AvgIpc) is 2.32. The molecule has 116 valence electrons. The number of rotatable bonds is 3. The van der Waals surface area contributed by atoms with Gasteiger partial charge in [0.15, 0.2) is 0 Å². The van der Waals surface area contributed by atoms with E-state index in [1.54, 1.807) is 18.2 Å². The number of carbonyl (C=O) groups is 1. The Morgan fingerprint density at radius 3 is 1.81 bits per heavy atom. The molecule has 1 fully saturated rings. The van der Waals surface area contributed by atoms with Crippen molar-refractivity contribution in [1.82, 2.24) is 0 Å². The van der Waals surface area contributed by atoms with Crippen molar-refractivity contribution < 1.29 is 31.1 Å². The molecule has 0 radical (unpaired) electrons. The quantitative estimate of drug-likeness (QED) is 0.521. The van der Waals surface area contributed by atoms with Gasteiger partial charge in [0.1, 0.15) is 0 Å². The zero-order valence-corrected chi connectivity index (χ0v) is 13.6. The van der Waals surface area contributed by atoms with Gasteiger partial charge in [0, 0.05) is 0 Å². The van der Waals surface area contributed by atoms with Gasteiger partial charge in [-0.15, -0.1) is 0 Å². The predicted octanol–water partition coefficient (Wildman–Crippen LogP) is 3.31. The van der Waals surface area contributed by atoms with Crippen molar-refractivity contribution in [3.05, 3.63) is 35.9 Å². The Morgan fingerprint density at radius 2 is 1.43 bits per heavy atom. The van der Waals surface area contributed by atoms with Crippen LogP contribution in [0.25, 0.3) is 0 Å². The van der Waals surface area contributed by atoms with Gasteiger partial charge in [-0.05, 0) is 0 Å². The Kier molecular flexibility index (Phi) is 4.51. The van der Waals surface area contributed by atoms with Crippen LogP contribution in [0.3, 0.4) is 0 Å². The van der Waals surface area contributed by atoms with Crippen LogP contribution < -0.4 is 0 Å². The summed E-state index contributed by atoms with van der Waals surface area (Å²) in [6.45, 7) is 0. The molecular formula is C12H8F6OSe2. The van der Waals surface area contributed by atoms with E-state index in [1.165, 1.54) is 12.1 Å². The minimum atomic E-state index is -4.75. The molecule has 0 aromatic heterocycles. The Balaban J connectivity index is 2.39. The topological polar surface area (TPSA) is 17.1 Å². The van der Waals surface area contributed by atoms with Crippen LogP contribution in [-0.2, 0) is 4.79 Å². The summed E-state index contributed by atoms with van der Waals surface area (Å²) in [6.07, 6.45) is -0.250. The molecule has 0 bridgehead atoms. The van der Waals surface area contributed by atoms with E-state index in [4.69, 9.17) is 0 Å². The monoisotopic (exact) mass is 442 g/mol. The van der Waals surface area contributed by atoms with Crippen molar-refractivity contribution in [2.24, 2.45) is 0 Å². The molecule has 0 amide bonds. The van der Waals surface area contributed by atoms with E-state index < -0.39 is 55.0 Å². The standard InChI is InChI=1S/C12H8F6OSe2/c13-11(14,15)20-10(21-12(16,17)18)8(6-9(10)19)7-4-2-1-3-5-7/h1-5,8H,6H2. The van der Waals surface area contributed by atoms with Crippen LogP contribution in [0.2, 0.25) is 3.21 Å². The fourth-order valence-electron chi connectivity index (χ4n) is 2.17. The van der Waals surface area contributed by atoms with Crippen LogP contribution in [-0.4, -0.2) is 45.8 Å². The third kappa shape index (κ3) is 3.83. The molecule has 1 saturated carbocycles. The maximum absolute atomic E-state index is 12.7. The van der Waals surface area contributed by atoms with Gasteiger partial charge in [0.05, 0.1) is 0 Å². The van der Waals surface area contributed by atoms with E-state index in [0.717, 1.165) is 0 Å². The van der Waals surface area contributed by atoms with Gasteiger partial charge in [-0.3, -0.25) is 0 Å². The molecule has 9 heteroatoms. The summed E-state index contributed by atoms with van der Waals surface area (Å²) in [5, 5.41) is -9.49. The third-order valence-corrected chi connectivity index (χ3v) is 9.18. The minimum absolute atomic E-state index is 0.250. The molecule has 1 aliphatic carbocycles. The zero-order chi connectivity index (χ0) is 15.9. The van der Waals surface area contributed by atoms with Crippen molar-refractivity contribution in [3.8, 4) is 0 Å². The second-order valence-corrected chi connectivity index (χ2v) is 11.2. The van der Waals surface area contributed by atoms with Gasteiger partial charge < -0.3 is 0 Å². The second kappa shape index (κ2) is 5.61. The number of hydrogen-bond acceptors (Lipinski definition) is 1. The molecule has 1 aromatic rings. The van der Waals surface area contributed by atoms with Crippen LogP contribution in [0.4, 0.5) is 26.3 Å². The van der Waals surface area contributed by atoms with Gasteiger partial charge in [-0.25, -0.2) is 0 Å². The molecule has 1 aromatic carbocycles. The molecule has 0 aliphatic heterocycles. The van der Waals surface area contributed by atoms with Gasteiger partial charge in [-0.1, -0.05) is 0 Å². The number of benzene rings is 1. The molecule has 0 saturated heterocycles. The van der Waals surface area contributed by atoms with Crippen molar-refractivity contribution in [1.29, 1.82) is 0 Å². The molecular weight excluding hydrogens is 432 g/mol. The molecule has 21 heavy (non-hydrogen) atoms. The molecule has 0 spiro atoms. The van der Waals surface area contributed by atoms with Gasteiger partial charge in [0.25, 0.3) is 0 Å². The number of carbonyl (C=O) groups excluding carboxylic acids is 1. The number of hydrogen-bond donors (Lipinski definition) is 0. The predicted molar refractivity (Wildman–Crippen MR) is 65.1 cm³/mol. The first-order valence-electron chi connectivity index (χ1n) is 5.65. The van der Waals surface area contributed by atoms with Crippen LogP contribution in [0.1, 0.15) is 17.9 Å². The van der Waals surface area contributed by atoms with Crippen molar-refractivity contribution >= 4 is 35.7 Å². The fourth-order valence-corrected chi connectivity index (χ4v) is 8.56. The first-order chi connectivity index (χ1) is 9.54. The summed E-state index contributed by atoms with van der Waals surface area (Å²) in [5.41, 5.74) is 0.370. The van der Waals surface area contributed by atoms with Crippen LogP contribution in [0.5, 0.6) is 0 Å². The van der Waals surface area contributed by atoms with E-state index in [9.17, 15) is 31.1 Å². The van der Waals surface area contributed by atoms with E-state index in [2.05, 4.69) is 0 Å². The Labute approximate surface area is 128 Å². The molecule has 1 nitrogen and oxygen atoms in total. The molecule has 1 unspecified atom stereocenters. The summed E-state index contributed by atoms with van der Waals surface area (Å²) < 4.78 is 74.1. The second-order valence-electron chi connectivity index (χ2n) is 4.35. The third-order valence-electron chi connectivity index (χ3n) is 2.97. The van der Waals surface area contributed by atoms with E-state index in [0.29, 0.717) is 5.56 Å². The van der Waals surface area contributed by atoms with Gasteiger partial charge >= 0.3 is 128 Å². The molecule has 1 atom stereocenters. The van der Waals surface area contributed by atoms with Gasteiger partial charge in [0.2, 0.25) is 0 Å². The molecule has 0 heterocycles. The van der Waals surface area contributed by atoms with E-state index in [1.807, 2.05) is 0 Å². The first-order valence-corrected chi connectivity index (χ1v) is 9.08. The van der Waals surface area contributed by atoms with Crippen molar-refractivity contribution in [2.45, 2.75) is 25.7 Å². The Bertz CT molecular complexity index is 509. The van der Waals surface area contributed by atoms with Crippen molar-refractivity contribution in [2.75, 3.05) is 0 Å². The normalized spacial score (nSPS) is 22.0. The average molecular weight is 440 g/mol. The summed E-state index contributed by atoms with van der Waals surface area (Å²) in [4.78, 5) is 11.7. The maximum atomic E-state index is 12.7. The van der Waals surface area contributed by atoms with Crippen LogP contribution in [0.15, 0.2) is 30.3 Å². The summed E-state index contributed by atoms with van der Waals surface area (Å²) in [7, 11) is 0. The zero-order valence-electron chi connectivity index (χ0n) is 10.2. The number of halogens is 6. The van der Waals surface area contributed by atoms with Crippen LogP contribution in [0, 0.1) is 0 Å². The molecule has 2 rings (SSSR count). The van der Waals surface area contributed by atoms with Crippen molar-refractivity contribution in [3.63, 3.8) is 0 Å². The number of ketones is 1. The summed E-state index contributed by atoms with van der Waals surface area (Å²) in [6, 6.07) is 7.67. The number of Topliss-reactive ketones (excluding diaryl/α,β-unsaturated/α-hetero) is 1. The molecule has 1 aliphatic rings.